The van der Waals surface area contributed by atoms with Crippen LogP contribution in [-0.2, 0) is 12.8 Å². The molecule has 0 radical (unpaired) electrons. The van der Waals surface area contributed by atoms with Crippen LogP contribution in [-0.4, -0.2) is 36.8 Å². The van der Waals surface area contributed by atoms with Crippen LogP contribution in [0.5, 0.6) is 0 Å². The fourth-order valence-electron chi connectivity index (χ4n) is 5.53. The van der Waals surface area contributed by atoms with E-state index >= 15 is 0 Å². The Bertz CT molecular complexity index is 981. The molecule has 4 heteroatoms. The summed E-state index contributed by atoms with van der Waals surface area (Å²) in [6, 6.07) is 5.43. The summed E-state index contributed by atoms with van der Waals surface area (Å²) in [5, 5.41) is 3.34. The Morgan fingerprint density at radius 3 is 1.25 bits per heavy atom. The van der Waals surface area contributed by atoms with E-state index in [9.17, 15) is 0 Å². The molecule has 36 heavy (non-hydrogen) atoms. The molecule has 2 heterocycles. The van der Waals surface area contributed by atoms with Crippen LogP contribution < -0.4 is 5.79 Å². The zero-order valence-corrected chi connectivity index (χ0v) is 32.5. The summed E-state index contributed by atoms with van der Waals surface area (Å²) < 4.78 is 6.93. The van der Waals surface area contributed by atoms with E-state index in [1.54, 1.807) is 37.1 Å². The topological polar surface area (TPSA) is 0 Å². The molecule has 0 amide bonds. The van der Waals surface area contributed by atoms with Crippen LogP contribution in [0.3, 0.4) is 0 Å². The third-order valence-corrected chi connectivity index (χ3v) is 29.5. The summed E-state index contributed by atoms with van der Waals surface area (Å²) in [7, 11) is 0. The molecular weight excluding hydrogens is 686 g/mol. The van der Waals surface area contributed by atoms with Crippen LogP contribution in [0.2, 0.25) is 29.6 Å². The molecule has 0 saturated carbocycles. The summed E-state index contributed by atoms with van der Waals surface area (Å²) in [5.41, 5.74) is 3.47. The van der Waals surface area contributed by atoms with Gasteiger partial charge in [-0.15, -0.1) is 0 Å². The van der Waals surface area contributed by atoms with Crippen molar-refractivity contribution in [3.05, 3.63) is 23.3 Å². The third-order valence-electron chi connectivity index (χ3n) is 8.21. The van der Waals surface area contributed by atoms with Gasteiger partial charge in [0.25, 0.3) is 0 Å². The van der Waals surface area contributed by atoms with Crippen molar-refractivity contribution in [2.75, 3.05) is 0 Å². The van der Waals surface area contributed by atoms with Gasteiger partial charge in [0.05, 0.1) is 0 Å². The minimum atomic E-state index is -2.17. The Kier molecular flexibility index (Phi) is 11.6. The minimum absolute atomic E-state index is 0.820. The normalized spacial score (nSPS) is 14.7. The average molecular weight is 740 g/mol. The van der Waals surface area contributed by atoms with Crippen molar-refractivity contribution in [1.29, 1.82) is 0 Å². The molecule has 202 valence electrons. The Morgan fingerprint density at radius 1 is 0.611 bits per heavy atom. The van der Waals surface area contributed by atoms with E-state index in [0.717, 1.165) is 11.8 Å². The standard InChI is InChI=1S/C26H36S2.6CH3.2Sn/c1-5-9-11-19(7-3)17-23-21-13-15-28-26(21)24(22-14-16-27-25(22)23)18-20(8-4)12-10-6-2;;;;;;;;/h13-14,19-20H,5-12,17-18H2,1-4H3;6*1H3;;. The van der Waals surface area contributed by atoms with E-state index < -0.39 is 36.8 Å². The van der Waals surface area contributed by atoms with Gasteiger partial charge < -0.3 is 0 Å². The number of hydrogen-bond donors (Lipinski definition) is 0. The molecule has 0 spiro atoms. The van der Waals surface area contributed by atoms with Gasteiger partial charge in [-0.1, -0.05) is 0 Å². The molecule has 0 bridgehead atoms. The summed E-state index contributed by atoms with van der Waals surface area (Å²) in [6.07, 6.45) is 13.4. The van der Waals surface area contributed by atoms with Crippen molar-refractivity contribution in [2.45, 2.75) is 122 Å². The molecular formula is C32H54S2Sn2. The quantitative estimate of drug-likeness (QED) is 0.144. The number of benzene rings is 1. The first kappa shape index (κ1) is 31.3. The molecule has 0 N–H and O–H groups in total. The Hall–Kier alpha value is 0.737. The van der Waals surface area contributed by atoms with E-state index in [1.807, 2.05) is 0 Å². The molecule has 0 aliphatic carbocycles. The van der Waals surface area contributed by atoms with Crippen molar-refractivity contribution in [3.63, 3.8) is 0 Å². The van der Waals surface area contributed by atoms with E-state index in [4.69, 9.17) is 0 Å². The fraction of sp³-hybridized carbons (Fsp3) is 0.688. The fourth-order valence-corrected chi connectivity index (χ4v) is 18.4. The van der Waals surface area contributed by atoms with Crippen LogP contribution in [0.1, 0.15) is 90.2 Å². The summed E-state index contributed by atoms with van der Waals surface area (Å²) in [5.74, 6) is 1.64. The summed E-state index contributed by atoms with van der Waals surface area (Å²) in [4.78, 5) is 15.7. The second-order valence-electron chi connectivity index (χ2n) is 13.4. The molecule has 1 aromatic carbocycles. The molecule has 0 nitrogen and oxygen atoms in total. The zero-order valence-electron chi connectivity index (χ0n) is 25.2. The Labute approximate surface area is 239 Å². The van der Waals surface area contributed by atoms with Gasteiger partial charge in [-0.3, -0.25) is 0 Å². The van der Waals surface area contributed by atoms with Gasteiger partial charge in [-0.2, -0.15) is 0 Å². The number of rotatable bonds is 14. The number of unbranched alkanes of at least 4 members (excludes halogenated alkanes) is 2. The van der Waals surface area contributed by atoms with Crippen LogP contribution in [0.4, 0.5) is 0 Å². The van der Waals surface area contributed by atoms with Crippen molar-refractivity contribution in [2.24, 2.45) is 11.8 Å². The van der Waals surface area contributed by atoms with Crippen LogP contribution >= 0.6 is 22.7 Å². The van der Waals surface area contributed by atoms with Crippen LogP contribution in [0, 0.1) is 11.8 Å². The van der Waals surface area contributed by atoms with Gasteiger partial charge in [-0.05, 0) is 0 Å². The number of fused-ring (bicyclic) bond motifs is 2. The third kappa shape index (κ3) is 7.47. The van der Waals surface area contributed by atoms with Crippen molar-refractivity contribution < 1.29 is 0 Å². The molecule has 2 aromatic heterocycles. The molecule has 0 saturated heterocycles. The monoisotopic (exact) mass is 742 g/mol. The van der Waals surface area contributed by atoms with E-state index in [2.05, 4.69) is 92.1 Å². The average Bonchev–Trinajstić information content (AvgIpc) is 3.45. The van der Waals surface area contributed by atoms with Crippen LogP contribution in [0.25, 0.3) is 20.2 Å². The molecule has 0 aliphatic rings. The van der Waals surface area contributed by atoms with Gasteiger partial charge in [-0.25, -0.2) is 0 Å². The van der Waals surface area contributed by atoms with Gasteiger partial charge in [0.1, 0.15) is 0 Å². The predicted molar refractivity (Wildman–Crippen MR) is 177 cm³/mol. The number of thiophene rings is 2. The SMILES string of the molecule is CCCCC(CC)Cc1c2c[c]([Sn]([CH3])([CH3])[CH3])sc2c(CC(CC)CCCC)c2c[c]([Sn]([CH3])([CH3])[CH3])sc12. The molecule has 2 atom stereocenters. The number of hydrogen-bond acceptors (Lipinski definition) is 2. The maximum atomic E-state index is 2.72. The molecule has 0 fully saturated rings. The first-order valence-corrected chi connectivity index (χ1v) is 36.6. The molecule has 0 aliphatic heterocycles. The maximum absolute atomic E-state index is 2.72. The Morgan fingerprint density at radius 2 is 0.972 bits per heavy atom. The van der Waals surface area contributed by atoms with Gasteiger partial charge in [0.2, 0.25) is 0 Å². The second kappa shape index (κ2) is 13.4. The van der Waals surface area contributed by atoms with Crippen LogP contribution in [0.15, 0.2) is 12.1 Å². The first-order valence-electron chi connectivity index (χ1n) is 15.0. The molecule has 3 rings (SSSR count). The van der Waals surface area contributed by atoms with Gasteiger partial charge in [0, 0.05) is 0 Å². The summed E-state index contributed by atoms with van der Waals surface area (Å²) in [6.45, 7) is 9.56. The van der Waals surface area contributed by atoms with Crippen molar-refractivity contribution >= 4 is 85.4 Å². The van der Waals surface area contributed by atoms with Gasteiger partial charge in [0.15, 0.2) is 0 Å². The summed E-state index contributed by atoms with van der Waals surface area (Å²) >= 11 is 0.104. The Balaban J connectivity index is 2.31. The second-order valence-corrected chi connectivity index (χ2v) is 46.3. The van der Waals surface area contributed by atoms with Crippen molar-refractivity contribution in [3.8, 4) is 0 Å². The zero-order chi connectivity index (χ0) is 26.7. The van der Waals surface area contributed by atoms with Gasteiger partial charge >= 0.3 is 242 Å². The van der Waals surface area contributed by atoms with E-state index in [1.165, 1.54) is 64.2 Å². The predicted octanol–water partition coefficient (Wildman–Crippen LogP) is 10.7. The molecule has 3 aromatic rings. The molecule has 2 unspecified atom stereocenters. The first-order chi connectivity index (χ1) is 16.9. The van der Waals surface area contributed by atoms with Crippen molar-refractivity contribution in [1.82, 2.24) is 0 Å². The van der Waals surface area contributed by atoms with E-state index in [-0.39, 0.29) is 0 Å². The van der Waals surface area contributed by atoms with E-state index in [0.29, 0.717) is 0 Å².